The lowest BCUT2D eigenvalue weighted by atomic mass is 10.0. The second kappa shape index (κ2) is 8.87. The maximum absolute atomic E-state index is 5.04. The molecule has 9 heteroatoms. The molecule has 4 heterocycles. The molecular weight excluding hydrogens is 426 g/mol. The van der Waals surface area contributed by atoms with Crippen LogP contribution in [-0.4, -0.2) is 68.9 Å². The average molecular weight is 460 g/mol. The number of rotatable bonds is 5. The van der Waals surface area contributed by atoms with E-state index in [1.165, 1.54) is 31.4 Å². The molecule has 1 unspecified atom stereocenters. The van der Waals surface area contributed by atoms with Crippen LogP contribution in [0.3, 0.4) is 0 Å². The van der Waals surface area contributed by atoms with Crippen LogP contribution in [0.1, 0.15) is 50.9 Å². The van der Waals surface area contributed by atoms with E-state index >= 15 is 0 Å². The number of piperazine rings is 1. The Bertz CT molecular complexity index is 1130. The minimum absolute atomic E-state index is 0.184. The van der Waals surface area contributed by atoms with Crippen molar-refractivity contribution in [3.8, 4) is 5.69 Å². The van der Waals surface area contributed by atoms with Crippen molar-refractivity contribution in [3.63, 3.8) is 0 Å². The molecule has 2 fully saturated rings. The van der Waals surface area contributed by atoms with E-state index in [0.717, 1.165) is 55.6 Å². The molecule has 2 aliphatic heterocycles. The summed E-state index contributed by atoms with van der Waals surface area (Å²) >= 11 is 0. The van der Waals surface area contributed by atoms with E-state index in [-0.39, 0.29) is 6.04 Å². The summed E-state index contributed by atoms with van der Waals surface area (Å²) in [6.07, 6.45) is 9.61. The van der Waals surface area contributed by atoms with Gasteiger partial charge >= 0.3 is 0 Å². The van der Waals surface area contributed by atoms with Crippen LogP contribution in [0.4, 0.5) is 23.1 Å². The molecule has 178 valence electrons. The number of aromatic nitrogens is 5. The third-order valence-electron chi connectivity index (χ3n) is 7.56. The van der Waals surface area contributed by atoms with Gasteiger partial charge in [0.15, 0.2) is 11.6 Å². The summed E-state index contributed by atoms with van der Waals surface area (Å²) in [6.45, 7) is 6.56. The molecule has 2 aromatic heterocycles. The van der Waals surface area contributed by atoms with Crippen molar-refractivity contribution in [2.45, 2.75) is 51.1 Å². The third kappa shape index (κ3) is 3.77. The molecule has 0 spiro atoms. The van der Waals surface area contributed by atoms with Gasteiger partial charge in [0.25, 0.3) is 0 Å². The molecule has 3 aromatic rings. The highest BCUT2D eigenvalue weighted by Crippen LogP contribution is 2.42. The Balaban J connectivity index is 1.28. The summed E-state index contributed by atoms with van der Waals surface area (Å²) in [6, 6.07) is 9.29. The SMILES string of the molecule is CCC1c2nncn2-c2cnc(Nc3ccc(N4CCN(C)CC4)cc3)nc2N1C1CCCC1. The molecule has 3 aliphatic rings. The van der Waals surface area contributed by atoms with Gasteiger partial charge in [0.2, 0.25) is 5.95 Å². The monoisotopic (exact) mass is 459 g/mol. The van der Waals surface area contributed by atoms with Crippen molar-refractivity contribution in [2.24, 2.45) is 0 Å². The normalized spacial score (nSPS) is 20.9. The molecular formula is C25H33N9. The van der Waals surface area contributed by atoms with Crippen LogP contribution in [0.25, 0.3) is 5.69 Å². The topological polar surface area (TPSA) is 78.2 Å². The van der Waals surface area contributed by atoms with Gasteiger partial charge < -0.3 is 20.0 Å². The fourth-order valence-corrected chi connectivity index (χ4v) is 5.65. The fourth-order valence-electron chi connectivity index (χ4n) is 5.65. The molecule has 1 saturated carbocycles. The van der Waals surface area contributed by atoms with Crippen molar-refractivity contribution in [2.75, 3.05) is 48.3 Å². The molecule has 6 rings (SSSR count). The minimum Gasteiger partial charge on any atom is -0.369 e. The van der Waals surface area contributed by atoms with Gasteiger partial charge in [-0.25, -0.2) is 4.98 Å². The highest BCUT2D eigenvalue weighted by molar-refractivity contribution is 5.66. The highest BCUT2D eigenvalue weighted by atomic mass is 15.4. The molecule has 1 aromatic carbocycles. The standard InChI is InChI=1S/C25H33N9/c1-3-21-24-30-27-17-33(24)22-16-26-25(29-23(22)34(21)20-6-4-5-7-20)28-18-8-10-19(11-9-18)32-14-12-31(2)13-15-32/h8-11,16-17,20-21H,3-7,12-15H2,1-2H3,(H,26,28,29). The number of likely N-dealkylation sites (N-methyl/N-ethyl adjacent to an activating group) is 1. The summed E-state index contributed by atoms with van der Waals surface area (Å²) < 4.78 is 2.06. The van der Waals surface area contributed by atoms with Crippen LogP contribution in [0.5, 0.6) is 0 Å². The first kappa shape index (κ1) is 21.3. The smallest absolute Gasteiger partial charge is 0.229 e. The summed E-state index contributed by atoms with van der Waals surface area (Å²) in [5.74, 6) is 2.60. The predicted molar refractivity (Wildman–Crippen MR) is 134 cm³/mol. The van der Waals surface area contributed by atoms with E-state index < -0.39 is 0 Å². The van der Waals surface area contributed by atoms with Crippen LogP contribution < -0.4 is 15.1 Å². The first-order valence-corrected chi connectivity index (χ1v) is 12.6. The third-order valence-corrected chi connectivity index (χ3v) is 7.56. The molecule has 1 aliphatic carbocycles. The Morgan fingerprint density at radius 3 is 2.53 bits per heavy atom. The molecule has 0 radical (unpaired) electrons. The molecule has 0 amide bonds. The van der Waals surface area contributed by atoms with E-state index in [1.54, 1.807) is 6.33 Å². The van der Waals surface area contributed by atoms with E-state index in [1.807, 2.05) is 6.20 Å². The zero-order valence-electron chi connectivity index (χ0n) is 20.1. The zero-order valence-corrected chi connectivity index (χ0v) is 20.1. The van der Waals surface area contributed by atoms with E-state index in [2.05, 4.69) is 78.0 Å². The van der Waals surface area contributed by atoms with Gasteiger partial charge in [0.1, 0.15) is 12.0 Å². The lowest BCUT2D eigenvalue weighted by molar-refractivity contribution is 0.313. The van der Waals surface area contributed by atoms with Crippen molar-refractivity contribution in [1.82, 2.24) is 29.6 Å². The van der Waals surface area contributed by atoms with Gasteiger partial charge in [0.05, 0.1) is 12.2 Å². The van der Waals surface area contributed by atoms with Gasteiger partial charge in [-0.3, -0.25) is 4.57 Å². The lowest BCUT2D eigenvalue weighted by Gasteiger charge is -2.40. The predicted octanol–water partition coefficient (Wildman–Crippen LogP) is 3.77. The number of hydrogen-bond donors (Lipinski definition) is 1. The van der Waals surface area contributed by atoms with Crippen molar-refractivity contribution in [3.05, 3.63) is 42.6 Å². The Morgan fingerprint density at radius 2 is 1.79 bits per heavy atom. The molecule has 1 atom stereocenters. The van der Waals surface area contributed by atoms with Crippen LogP contribution in [0, 0.1) is 0 Å². The second-order valence-corrected chi connectivity index (χ2v) is 9.69. The summed E-state index contributed by atoms with van der Waals surface area (Å²) in [5, 5.41) is 12.1. The molecule has 9 nitrogen and oxygen atoms in total. The fraction of sp³-hybridized carbons (Fsp3) is 0.520. The first-order chi connectivity index (χ1) is 16.7. The van der Waals surface area contributed by atoms with Crippen molar-refractivity contribution < 1.29 is 0 Å². The average Bonchev–Trinajstić information content (AvgIpc) is 3.57. The van der Waals surface area contributed by atoms with Gasteiger partial charge in [0, 0.05) is 43.6 Å². The first-order valence-electron chi connectivity index (χ1n) is 12.6. The lowest BCUT2D eigenvalue weighted by Crippen LogP contribution is -2.44. The Morgan fingerprint density at radius 1 is 1.03 bits per heavy atom. The van der Waals surface area contributed by atoms with Crippen LogP contribution in [0.15, 0.2) is 36.8 Å². The molecule has 1 saturated heterocycles. The van der Waals surface area contributed by atoms with Gasteiger partial charge in [-0.1, -0.05) is 19.8 Å². The number of nitrogens with zero attached hydrogens (tertiary/aromatic N) is 8. The maximum Gasteiger partial charge on any atom is 0.229 e. The van der Waals surface area contributed by atoms with Gasteiger partial charge in [-0.15, -0.1) is 10.2 Å². The molecule has 1 N–H and O–H groups in total. The number of fused-ring (bicyclic) bond motifs is 3. The van der Waals surface area contributed by atoms with Crippen LogP contribution in [-0.2, 0) is 0 Å². The Hall–Kier alpha value is -3.20. The largest absolute Gasteiger partial charge is 0.369 e. The Labute approximate surface area is 200 Å². The van der Waals surface area contributed by atoms with Crippen molar-refractivity contribution >= 4 is 23.1 Å². The van der Waals surface area contributed by atoms with E-state index in [4.69, 9.17) is 4.98 Å². The number of anilines is 4. The van der Waals surface area contributed by atoms with Gasteiger partial charge in [-0.2, -0.15) is 4.98 Å². The summed E-state index contributed by atoms with van der Waals surface area (Å²) in [7, 11) is 2.18. The number of benzene rings is 1. The maximum atomic E-state index is 5.04. The highest BCUT2D eigenvalue weighted by Gasteiger charge is 2.38. The van der Waals surface area contributed by atoms with Crippen molar-refractivity contribution in [1.29, 1.82) is 0 Å². The van der Waals surface area contributed by atoms with Crippen LogP contribution in [0.2, 0.25) is 0 Å². The Kier molecular flexibility index (Phi) is 5.57. The summed E-state index contributed by atoms with van der Waals surface area (Å²) in [5.41, 5.74) is 3.23. The second-order valence-electron chi connectivity index (χ2n) is 9.69. The summed E-state index contributed by atoms with van der Waals surface area (Å²) in [4.78, 5) is 17.0. The molecule has 34 heavy (non-hydrogen) atoms. The van der Waals surface area contributed by atoms with Gasteiger partial charge in [-0.05, 0) is 50.6 Å². The van der Waals surface area contributed by atoms with E-state index in [0.29, 0.717) is 12.0 Å². The minimum atomic E-state index is 0.184. The quantitative estimate of drug-likeness (QED) is 0.618. The van der Waals surface area contributed by atoms with E-state index in [9.17, 15) is 0 Å². The molecule has 0 bridgehead atoms. The number of hydrogen-bond acceptors (Lipinski definition) is 8. The zero-order chi connectivity index (χ0) is 23.1. The number of nitrogens with one attached hydrogen (secondary N) is 1. The van der Waals surface area contributed by atoms with Crippen LogP contribution >= 0.6 is 0 Å².